The molecule has 0 saturated carbocycles. The molecule has 4 aromatic rings. The number of hydrogen-bond donors (Lipinski definition) is 1. The van der Waals surface area contributed by atoms with Crippen molar-refractivity contribution in [3.63, 3.8) is 0 Å². The Morgan fingerprint density at radius 1 is 0.964 bits per heavy atom. The van der Waals surface area contributed by atoms with E-state index in [1.165, 1.54) is 0 Å². The van der Waals surface area contributed by atoms with Gasteiger partial charge in [0, 0.05) is 38.1 Å². The van der Waals surface area contributed by atoms with Gasteiger partial charge in [-0.1, -0.05) is 18.2 Å². The van der Waals surface area contributed by atoms with E-state index in [2.05, 4.69) is 19.9 Å². The van der Waals surface area contributed by atoms with E-state index in [9.17, 15) is 4.79 Å². The number of carbonyl (C=O) groups is 1. The van der Waals surface area contributed by atoms with Crippen LogP contribution in [0.3, 0.4) is 0 Å². The summed E-state index contributed by atoms with van der Waals surface area (Å²) in [4.78, 5) is 25.5. The van der Waals surface area contributed by atoms with Gasteiger partial charge in [0.25, 0.3) is 0 Å². The summed E-state index contributed by atoms with van der Waals surface area (Å²) < 4.78 is 2.07. The summed E-state index contributed by atoms with van der Waals surface area (Å²) in [5, 5.41) is 2.99. The molecule has 0 saturated heterocycles. The molecule has 6 heteroatoms. The smallest absolute Gasteiger partial charge is 0.221 e. The standard InChI is InChI=1S/C22H21N5O/c28-21(25-15-10-17-8-13-23-14-9-17)11-16-27-20-7-2-1-5-18(20)26-22(27)19-6-3-4-12-24-19/h1-9,12-14H,10-11,15-16H2,(H,25,28). The molecule has 1 amide bonds. The number of aryl methyl sites for hydroxylation is 1. The molecule has 0 aliphatic rings. The number of rotatable bonds is 7. The lowest BCUT2D eigenvalue weighted by molar-refractivity contribution is -0.121. The number of imidazole rings is 1. The number of benzene rings is 1. The molecule has 1 aromatic carbocycles. The van der Waals surface area contributed by atoms with E-state index in [1.54, 1.807) is 18.6 Å². The summed E-state index contributed by atoms with van der Waals surface area (Å²) >= 11 is 0. The van der Waals surface area contributed by atoms with Gasteiger partial charge in [0.2, 0.25) is 5.91 Å². The number of nitrogens with zero attached hydrogens (tertiary/aromatic N) is 4. The number of fused-ring (bicyclic) bond motifs is 1. The molecule has 140 valence electrons. The summed E-state index contributed by atoms with van der Waals surface area (Å²) in [5.74, 6) is 0.810. The third-order valence-electron chi connectivity index (χ3n) is 4.60. The van der Waals surface area contributed by atoms with Crippen LogP contribution in [0.2, 0.25) is 0 Å². The molecule has 0 aliphatic carbocycles. The van der Waals surface area contributed by atoms with Crippen LogP contribution in [0.1, 0.15) is 12.0 Å². The number of carbonyl (C=O) groups excluding carboxylic acids is 1. The monoisotopic (exact) mass is 371 g/mol. The van der Waals surface area contributed by atoms with E-state index in [4.69, 9.17) is 4.98 Å². The van der Waals surface area contributed by atoms with Gasteiger partial charge in [0.1, 0.15) is 5.69 Å². The van der Waals surface area contributed by atoms with E-state index >= 15 is 0 Å². The van der Waals surface area contributed by atoms with Gasteiger partial charge in [-0.2, -0.15) is 0 Å². The topological polar surface area (TPSA) is 72.7 Å². The first-order valence-electron chi connectivity index (χ1n) is 9.33. The van der Waals surface area contributed by atoms with E-state index < -0.39 is 0 Å². The third-order valence-corrected chi connectivity index (χ3v) is 4.60. The Morgan fingerprint density at radius 3 is 2.61 bits per heavy atom. The SMILES string of the molecule is O=C(CCn1c(-c2ccccn2)nc2ccccc21)NCCc1ccncc1. The Labute approximate surface area is 163 Å². The Bertz CT molecular complexity index is 1060. The second kappa shape index (κ2) is 8.43. The average Bonchev–Trinajstić information content (AvgIpc) is 3.12. The molecular formula is C22H21N5O. The molecule has 0 unspecified atom stereocenters. The van der Waals surface area contributed by atoms with E-state index in [0.29, 0.717) is 19.5 Å². The van der Waals surface area contributed by atoms with Crippen molar-refractivity contribution in [1.82, 2.24) is 24.8 Å². The van der Waals surface area contributed by atoms with Crippen molar-refractivity contribution in [3.8, 4) is 11.5 Å². The van der Waals surface area contributed by atoms with Crippen LogP contribution in [0.25, 0.3) is 22.6 Å². The number of aromatic nitrogens is 4. The second-order valence-electron chi connectivity index (χ2n) is 6.50. The molecule has 0 bridgehead atoms. The predicted octanol–water partition coefficient (Wildman–Crippen LogP) is 3.24. The summed E-state index contributed by atoms with van der Waals surface area (Å²) in [6.45, 7) is 1.16. The zero-order valence-electron chi connectivity index (χ0n) is 15.5. The molecule has 28 heavy (non-hydrogen) atoms. The van der Waals surface area contributed by atoms with Gasteiger partial charge in [0.05, 0.1) is 11.0 Å². The van der Waals surface area contributed by atoms with Gasteiger partial charge >= 0.3 is 0 Å². The predicted molar refractivity (Wildman–Crippen MR) is 109 cm³/mol. The van der Waals surface area contributed by atoms with E-state index in [1.807, 2.05) is 54.6 Å². The lowest BCUT2D eigenvalue weighted by atomic mass is 10.2. The first kappa shape index (κ1) is 17.9. The Kier molecular flexibility index (Phi) is 5.38. The Morgan fingerprint density at radius 2 is 1.79 bits per heavy atom. The largest absolute Gasteiger partial charge is 0.356 e. The van der Waals surface area contributed by atoms with Gasteiger partial charge in [-0.15, -0.1) is 0 Å². The molecule has 1 N–H and O–H groups in total. The number of nitrogens with one attached hydrogen (secondary N) is 1. The summed E-state index contributed by atoms with van der Waals surface area (Å²) in [6.07, 6.45) is 6.46. The van der Waals surface area contributed by atoms with Crippen molar-refractivity contribution in [2.75, 3.05) is 6.54 Å². The fourth-order valence-corrected chi connectivity index (χ4v) is 3.19. The molecule has 3 heterocycles. The maximum Gasteiger partial charge on any atom is 0.221 e. The molecule has 0 fully saturated rings. The zero-order valence-corrected chi connectivity index (χ0v) is 15.5. The Hall–Kier alpha value is -3.54. The van der Waals surface area contributed by atoms with Crippen LogP contribution < -0.4 is 5.32 Å². The van der Waals surface area contributed by atoms with Crippen LogP contribution in [-0.2, 0) is 17.8 Å². The maximum absolute atomic E-state index is 12.3. The normalized spacial score (nSPS) is 10.9. The maximum atomic E-state index is 12.3. The van der Waals surface area contributed by atoms with Crippen LogP contribution in [-0.4, -0.2) is 32.0 Å². The van der Waals surface area contributed by atoms with Crippen LogP contribution in [0.4, 0.5) is 0 Å². The van der Waals surface area contributed by atoms with Crippen molar-refractivity contribution in [2.24, 2.45) is 0 Å². The molecular weight excluding hydrogens is 350 g/mol. The molecule has 6 nitrogen and oxygen atoms in total. The molecule has 3 aromatic heterocycles. The fourth-order valence-electron chi connectivity index (χ4n) is 3.19. The fraction of sp³-hybridized carbons (Fsp3) is 0.182. The highest BCUT2D eigenvalue weighted by molar-refractivity contribution is 5.81. The summed E-state index contributed by atoms with van der Waals surface area (Å²) in [6, 6.07) is 17.6. The molecule has 0 atom stereocenters. The summed E-state index contributed by atoms with van der Waals surface area (Å²) in [7, 11) is 0. The summed E-state index contributed by atoms with van der Waals surface area (Å²) in [5.41, 5.74) is 3.87. The van der Waals surface area contributed by atoms with Gasteiger partial charge < -0.3 is 9.88 Å². The van der Waals surface area contributed by atoms with Gasteiger partial charge in [-0.25, -0.2) is 4.98 Å². The Balaban J connectivity index is 1.44. The first-order chi connectivity index (χ1) is 13.8. The van der Waals surface area contributed by atoms with Crippen molar-refractivity contribution in [2.45, 2.75) is 19.4 Å². The minimum Gasteiger partial charge on any atom is -0.356 e. The van der Waals surface area contributed by atoms with Crippen LogP contribution in [0.15, 0.2) is 73.2 Å². The van der Waals surface area contributed by atoms with Crippen LogP contribution in [0.5, 0.6) is 0 Å². The van der Waals surface area contributed by atoms with Crippen LogP contribution >= 0.6 is 0 Å². The van der Waals surface area contributed by atoms with Crippen molar-refractivity contribution in [3.05, 3.63) is 78.8 Å². The van der Waals surface area contributed by atoms with Crippen LogP contribution in [0, 0.1) is 0 Å². The average molecular weight is 371 g/mol. The van der Waals surface area contributed by atoms with Crippen molar-refractivity contribution < 1.29 is 4.79 Å². The molecule has 0 radical (unpaired) electrons. The number of hydrogen-bond acceptors (Lipinski definition) is 4. The van der Waals surface area contributed by atoms with Gasteiger partial charge in [-0.05, 0) is 48.4 Å². The lowest BCUT2D eigenvalue weighted by Gasteiger charge is -2.10. The lowest BCUT2D eigenvalue weighted by Crippen LogP contribution is -2.26. The van der Waals surface area contributed by atoms with Gasteiger partial charge in [-0.3, -0.25) is 14.8 Å². The number of pyridine rings is 2. The third kappa shape index (κ3) is 4.06. The zero-order chi connectivity index (χ0) is 19.2. The molecule has 0 aliphatic heterocycles. The second-order valence-corrected chi connectivity index (χ2v) is 6.50. The molecule has 0 spiro atoms. The van der Waals surface area contributed by atoms with Crippen molar-refractivity contribution in [1.29, 1.82) is 0 Å². The van der Waals surface area contributed by atoms with E-state index in [0.717, 1.165) is 34.5 Å². The number of amides is 1. The quantitative estimate of drug-likeness (QED) is 0.541. The van der Waals surface area contributed by atoms with E-state index in [-0.39, 0.29) is 5.91 Å². The minimum absolute atomic E-state index is 0.0267. The van der Waals surface area contributed by atoms with Gasteiger partial charge in [0.15, 0.2) is 5.82 Å². The highest BCUT2D eigenvalue weighted by Gasteiger charge is 2.14. The van der Waals surface area contributed by atoms with Crippen molar-refractivity contribution >= 4 is 16.9 Å². The first-order valence-corrected chi connectivity index (χ1v) is 9.33. The highest BCUT2D eigenvalue weighted by atomic mass is 16.1. The highest BCUT2D eigenvalue weighted by Crippen LogP contribution is 2.23. The number of para-hydroxylation sites is 2. The molecule has 4 rings (SSSR count). The minimum atomic E-state index is 0.0267.